The number of piperidine rings is 1. The molecule has 0 atom stereocenters. The average Bonchev–Trinajstić information content (AvgIpc) is 2.37. The van der Waals surface area contributed by atoms with Crippen molar-refractivity contribution >= 4 is 0 Å². The maximum atomic E-state index is 5.91. The monoisotopic (exact) mass is 253 g/mol. The van der Waals surface area contributed by atoms with Gasteiger partial charge >= 0.3 is 0 Å². The van der Waals surface area contributed by atoms with E-state index in [1.807, 2.05) is 0 Å². The van der Waals surface area contributed by atoms with Crippen LogP contribution in [-0.4, -0.2) is 37.2 Å². The van der Waals surface area contributed by atoms with Crippen molar-refractivity contribution in [1.82, 2.24) is 4.90 Å². The zero-order valence-corrected chi connectivity index (χ0v) is 12.5. The minimum atomic E-state index is 0.513. The molecule has 0 bridgehead atoms. The van der Waals surface area contributed by atoms with Gasteiger partial charge in [0.1, 0.15) is 0 Å². The minimum absolute atomic E-state index is 0.513. The number of likely N-dealkylation sites (tertiary alicyclic amines) is 1. The standard InChI is InChI=1S/C16H31NO/c1-4-5-6-7-8-11-17-12-9-16(10-13-17)18-14-15(2)3/h6-7,15-16H,4-5,8-14H2,1-3H3. The smallest absolute Gasteiger partial charge is 0.0599 e. The fourth-order valence-electron chi connectivity index (χ4n) is 2.29. The lowest BCUT2D eigenvalue weighted by Gasteiger charge is -2.32. The Morgan fingerprint density at radius 1 is 1.17 bits per heavy atom. The second-order valence-corrected chi connectivity index (χ2v) is 5.82. The first-order valence-electron chi connectivity index (χ1n) is 7.71. The van der Waals surface area contributed by atoms with E-state index in [-0.39, 0.29) is 0 Å². The molecular weight excluding hydrogens is 222 g/mol. The molecule has 1 heterocycles. The Morgan fingerprint density at radius 2 is 1.83 bits per heavy atom. The second kappa shape index (κ2) is 9.57. The highest BCUT2D eigenvalue weighted by molar-refractivity contribution is 4.83. The summed E-state index contributed by atoms with van der Waals surface area (Å²) in [5.74, 6) is 0.659. The Balaban J connectivity index is 2.04. The molecule has 106 valence electrons. The van der Waals surface area contributed by atoms with Crippen LogP contribution in [0.3, 0.4) is 0 Å². The first-order chi connectivity index (χ1) is 8.72. The minimum Gasteiger partial charge on any atom is -0.378 e. The summed E-state index contributed by atoms with van der Waals surface area (Å²) < 4.78 is 5.91. The Bertz CT molecular complexity index is 217. The van der Waals surface area contributed by atoms with Crippen molar-refractivity contribution in [3.63, 3.8) is 0 Å². The van der Waals surface area contributed by atoms with Gasteiger partial charge in [-0.3, -0.25) is 0 Å². The van der Waals surface area contributed by atoms with Crippen LogP contribution in [0.1, 0.15) is 52.9 Å². The molecule has 2 nitrogen and oxygen atoms in total. The van der Waals surface area contributed by atoms with Crippen LogP contribution < -0.4 is 0 Å². The van der Waals surface area contributed by atoms with Crippen LogP contribution in [0, 0.1) is 5.92 Å². The van der Waals surface area contributed by atoms with Crippen molar-refractivity contribution in [3.05, 3.63) is 12.2 Å². The van der Waals surface area contributed by atoms with E-state index in [2.05, 4.69) is 37.8 Å². The van der Waals surface area contributed by atoms with E-state index in [1.54, 1.807) is 0 Å². The molecule has 0 amide bonds. The van der Waals surface area contributed by atoms with Crippen molar-refractivity contribution in [2.75, 3.05) is 26.2 Å². The quantitative estimate of drug-likeness (QED) is 0.609. The molecule has 0 aromatic heterocycles. The SMILES string of the molecule is CCCC=CCCN1CCC(OCC(C)C)CC1. The molecule has 18 heavy (non-hydrogen) atoms. The first-order valence-corrected chi connectivity index (χ1v) is 7.71. The molecule has 0 radical (unpaired) electrons. The molecule has 0 aromatic carbocycles. The maximum absolute atomic E-state index is 5.91. The van der Waals surface area contributed by atoms with Gasteiger partial charge in [0.2, 0.25) is 0 Å². The van der Waals surface area contributed by atoms with Crippen LogP contribution in [0.25, 0.3) is 0 Å². The van der Waals surface area contributed by atoms with Gasteiger partial charge in [0.25, 0.3) is 0 Å². The molecule has 2 heteroatoms. The van der Waals surface area contributed by atoms with Crippen molar-refractivity contribution in [1.29, 1.82) is 0 Å². The van der Waals surface area contributed by atoms with Gasteiger partial charge in [0.15, 0.2) is 0 Å². The number of rotatable bonds is 8. The molecule has 1 fully saturated rings. The van der Waals surface area contributed by atoms with E-state index in [4.69, 9.17) is 4.74 Å². The summed E-state index contributed by atoms with van der Waals surface area (Å²) >= 11 is 0. The van der Waals surface area contributed by atoms with Gasteiger partial charge < -0.3 is 9.64 Å². The van der Waals surface area contributed by atoms with Crippen LogP contribution in [0.5, 0.6) is 0 Å². The topological polar surface area (TPSA) is 12.5 Å². The van der Waals surface area contributed by atoms with Gasteiger partial charge in [0, 0.05) is 26.2 Å². The molecule has 1 aliphatic heterocycles. The lowest BCUT2D eigenvalue weighted by molar-refractivity contribution is -0.00408. The largest absolute Gasteiger partial charge is 0.378 e. The maximum Gasteiger partial charge on any atom is 0.0599 e. The number of nitrogens with zero attached hydrogens (tertiary/aromatic N) is 1. The lowest BCUT2D eigenvalue weighted by atomic mass is 10.1. The lowest BCUT2D eigenvalue weighted by Crippen LogP contribution is -2.37. The summed E-state index contributed by atoms with van der Waals surface area (Å²) in [6.07, 6.45) is 11.3. The molecule has 0 saturated carbocycles. The van der Waals surface area contributed by atoms with Crippen LogP contribution in [0.15, 0.2) is 12.2 Å². The predicted molar refractivity (Wildman–Crippen MR) is 78.9 cm³/mol. The van der Waals surface area contributed by atoms with E-state index >= 15 is 0 Å². The predicted octanol–water partition coefficient (Wildman–Crippen LogP) is 3.87. The van der Waals surface area contributed by atoms with Crippen molar-refractivity contribution < 1.29 is 4.74 Å². The van der Waals surface area contributed by atoms with Crippen LogP contribution in [0.2, 0.25) is 0 Å². The average molecular weight is 253 g/mol. The molecule has 1 rings (SSSR count). The summed E-state index contributed by atoms with van der Waals surface area (Å²) in [6.45, 7) is 11.2. The molecular formula is C16H31NO. The third-order valence-electron chi connectivity index (χ3n) is 3.43. The normalized spacial score (nSPS) is 19.1. The van der Waals surface area contributed by atoms with Gasteiger partial charge in [-0.2, -0.15) is 0 Å². The van der Waals surface area contributed by atoms with Gasteiger partial charge in [-0.25, -0.2) is 0 Å². The Kier molecular flexibility index (Phi) is 8.36. The number of allylic oxidation sites excluding steroid dienone is 1. The van der Waals surface area contributed by atoms with Crippen molar-refractivity contribution in [2.24, 2.45) is 5.92 Å². The number of ether oxygens (including phenoxy) is 1. The van der Waals surface area contributed by atoms with Crippen molar-refractivity contribution in [2.45, 2.75) is 59.0 Å². The van der Waals surface area contributed by atoms with Gasteiger partial charge in [0.05, 0.1) is 6.10 Å². The highest BCUT2D eigenvalue weighted by Gasteiger charge is 2.18. The molecule has 0 N–H and O–H groups in total. The summed E-state index contributed by atoms with van der Waals surface area (Å²) in [5, 5.41) is 0. The van der Waals surface area contributed by atoms with Gasteiger partial charge in [-0.1, -0.05) is 39.3 Å². The van der Waals surface area contributed by atoms with Crippen LogP contribution in [-0.2, 0) is 4.74 Å². The van der Waals surface area contributed by atoms with Gasteiger partial charge in [-0.15, -0.1) is 0 Å². The Hall–Kier alpha value is -0.340. The number of unbranched alkanes of at least 4 members (excludes halogenated alkanes) is 1. The van der Waals surface area contributed by atoms with E-state index in [9.17, 15) is 0 Å². The zero-order valence-electron chi connectivity index (χ0n) is 12.5. The number of hydrogen-bond acceptors (Lipinski definition) is 2. The van der Waals surface area contributed by atoms with Crippen molar-refractivity contribution in [3.8, 4) is 0 Å². The number of hydrogen-bond donors (Lipinski definition) is 0. The highest BCUT2D eigenvalue weighted by Crippen LogP contribution is 2.15. The Labute approximate surface area is 113 Å². The van der Waals surface area contributed by atoms with E-state index in [0.717, 1.165) is 6.61 Å². The van der Waals surface area contributed by atoms with Crippen LogP contribution in [0.4, 0.5) is 0 Å². The fraction of sp³-hybridized carbons (Fsp3) is 0.875. The van der Waals surface area contributed by atoms with Crippen LogP contribution >= 0.6 is 0 Å². The fourth-order valence-corrected chi connectivity index (χ4v) is 2.29. The molecule has 0 spiro atoms. The molecule has 0 aromatic rings. The third-order valence-corrected chi connectivity index (χ3v) is 3.43. The van der Waals surface area contributed by atoms with Gasteiger partial charge in [-0.05, 0) is 31.6 Å². The second-order valence-electron chi connectivity index (χ2n) is 5.82. The molecule has 0 aliphatic carbocycles. The third kappa shape index (κ3) is 7.17. The van der Waals surface area contributed by atoms with E-state index < -0.39 is 0 Å². The Morgan fingerprint density at radius 3 is 2.44 bits per heavy atom. The molecule has 0 unspecified atom stereocenters. The molecule has 1 aliphatic rings. The first kappa shape index (κ1) is 15.7. The summed E-state index contributed by atoms with van der Waals surface area (Å²) in [6, 6.07) is 0. The summed E-state index contributed by atoms with van der Waals surface area (Å²) in [4.78, 5) is 2.57. The summed E-state index contributed by atoms with van der Waals surface area (Å²) in [5.41, 5.74) is 0. The zero-order chi connectivity index (χ0) is 13.2. The van der Waals surface area contributed by atoms with E-state index in [1.165, 1.54) is 51.7 Å². The van der Waals surface area contributed by atoms with E-state index in [0.29, 0.717) is 12.0 Å². The highest BCUT2D eigenvalue weighted by atomic mass is 16.5. The molecule has 1 saturated heterocycles. The summed E-state index contributed by atoms with van der Waals surface area (Å²) in [7, 11) is 0.